The smallest absolute Gasteiger partial charge is 0.145 e. The Bertz CT molecular complexity index is 584. The highest BCUT2D eigenvalue weighted by molar-refractivity contribution is 5.87. The third-order valence-corrected chi connectivity index (χ3v) is 6.33. The van der Waals surface area contributed by atoms with E-state index in [1.54, 1.807) is 4.68 Å². The van der Waals surface area contributed by atoms with Gasteiger partial charge < -0.3 is 0 Å². The molecule has 4 bridgehead atoms. The number of rotatable bonds is 3. The molecule has 0 N–H and O–H groups in total. The number of ketones is 1. The second-order valence-electron chi connectivity index (χ2n) is 8.99. The van der Waals surface area contributed by atoms with Crippen LogP contribution >= 0.6 is 0 Å². The summed E-state index contributed by atoms with van der Waals surface area (Å²) in [4.78, 5) is 13.1. The molecular weight excluding hydrogens is 260 g/mol. The van der Waals surface area contributed by atoms with Gasteiger partial charge in [-0.1, -0.05) is 13.8 Å². The van der Waals surface area contributed by atoms with Gasteiger partial charge in [-0.05, 0) is 61.3 Å². The first kappa shape index (κ1) is 13.5. The lowest BCUT2D eigenvalue weighted by molar-refractivity contribution is -0.167. The van der Waals surface area contributed by atoms with Crippen LogP contribution in [-0.4, -0.2) is 15.6 Å². The average Bonchev–Trinajstić information content (AvgIpc) is 2.69. The molecule has 1 aromatic rings. The van der Waals surface area contributed by atoms with Gasteiger partial charge >= 0.3 is 0 Å². The number of Topliss-reactive ketones (excluding diaryl/α,β-unsaturated/α-hetero) is 1. The minimum absolute atomic E-state index is 0.0412. The maximum Gasteiger partial charge on any atom is 0.145 e. The van der Waals surface area contributed by atoms with Crippen molar-refractivity contribution in [2.75, 3.05) is 0 Å². The Morgan fingerprint density at radius 3 is 2.43 bits per heavy atom. The summed E-state index contributed by atoms with van der Waals surface area (Å²) < 4.78 is 1.80. The number of aryl methyl sites for hydroxylation is 1. The van der Waals surface area contributed by atoms with Crippen LogP contribution in [-0.2, 0) is 18.3 Å². The van der Waals surface area contributed by atoms with Gasteiger partial charge in [-0.2, -0.15) is 5.10 Å². The molecule has 0 saturated heterocycles. The van der Waals surface area contributed by atoms with Crippen LogP contribution in [0.25, 0.3) is 0 Å². The largest absolute Gasteiger partial charge is 0.299 e. The predicted molar refractivity (Wildman–Crippen MR) is 81.8 cm³/mol. The first-order chi connectivity index (χ1) is 9.80. The van der Waals surface area contributed by atoms with Gasteiger partial charge in [-0.15, -0.1) is 0 Å². The molecule has 5 rings (SSSR count). The van der Waals surface area contributed by atoms with Crippen molar-refractivity contribution in [3.05, 3.63) is 18.0 Å². The lowest BCUT2D eigenvalue weighted by Gasteiger charge is -2.64. The van der Waals surface area contributed by atoms with E-state index in [0.29, 0.717) is 23.0 Å². The van der Waals surface area contributed by atoms with E-state index in [1.165, 1.54) is 19.3 Å². The van der Waals surface area contributed by atoms with E-state index in [9.17, 15) is 4.79 Å². The van der Waals surface area contributed by atoms with Crippen molar-refractivity contribution in [1.29, 1.82) is 0 Å². The number of hydrogen-bond donors (Lipinski definition) is 0. The van der Waals surface area contributed by atoms with Crippen LogP contribution in [0.3, 0.4) is 0 Å². The minimum Gasteiger partial charge on any atom is -0.299 e. The Morgan fingerprint density at radius 1 is 1.24 bits per heavy atom. The fourth-order valence-electron chi connectivity index (χ4n) is 6.67. The highest BCUT2D eigenvalue weighted by Gasteiger charge is 2.62. The van der Waals surface area contributed by atoms with Crippen molar-refractivity contribution in [3.8, 4) is 0 Å². The number of hydrogen-bond acceptors (Lipinski definition) is 2. The standard InChI is InChI=1S/C18H26N2O/c1-16-7-13-8-17(2,10-16)12-18(9-13,11-16)15(21)6-14-4-5-20(3)19-14/h4-5,13H,6-12H2,1-3H3. The van der Waals surface area contributed by atoms with Crippen LogP contribution in [0.4, 0.5) is 0 Å². The molecule has 3 nitrogen and oxygen atoms in total. The van der Waals surface area contributed by atoms with Crippen molar-refractivity contribution < 1.29 is 4.79 Å². The first-order valence-electron chi connectivity index (χ1n) is 8.32. The van der Waals surface area contributed by atoms with E-state index < -0.39 is 0 Å². The Kier molecular flexibility index (Phi) is 2.57. The number of aromatic nitrogens is 2. The fourth-order valence-corrected chi connectivity index (χ4v) is 6.67. The van der Waals surface area contributed by atoms with Crippen molar-refractivity contribution >= 4 is 5.78 Å². The zero-order valence-corrected chi connectivity index (χ0v) is 13.5. The third kappa shape index (κ3) is 2.08. The van der Waals surface area contributed by atoms with Crippen LogP contribution in [0.15, 0.2) is 12.3 Å². The molecule has 21 heavy (non-hydrogen) atoms. The molecule has 4 saturated carbocycles. The molecule has 0 aromatic carbocycles. The van der Waals surface area contributed by atoms with Gasteiger partial charge in [0.15, 0.2) is 0 Å². The van der Waals surface area contributed by atoms with E-state index >= 15 is 0 Å². The number of nitrogens with zero attached hydrogens (tertiary/aromatic N) is 2. The van der Waals surface area contributed by atoms with Gasteiger partial charge in [0.2, 0.25) is 0 Å². The monoisotopic (exact) mass is 286 g/mol. The summed E-state index contributed by atoms with van der Waals surface area (Å²) in [5.41, 5.74) is 1.72. The number of carbonyl (C=O) groups excluding carboxylic acids is 1. The molecule has 4 fully saturated rings. The van der Waals surface area contributed by atoms with Gasteiger partial charge in [-0.3, -0.25) is 9.48 Å². The van der Waals surface area contributed by atoms with E-state index in [1.807, 2.05) is 19.3 Å². The topological polar surface area (TPSA) is 34.9 Å². The molecule has 0 amide bonds. The van der Waals surface area contributed by atoms with Gasteiger partial charge in [0, 0.05) is 18.7 Å². The maximum atomic E-state index is 13.1. The van der Waals surface area contributed by atoms with E-state index in [-0.39, 0.29) is 5.41 Å². The summed E-state index contributed by atoms with van der Waals surface area (Å²) in [6.45, 7) is 4.86. The van der Waals surface area contributed by atoms with Crippen molar-refractivity contribution in [2.45, 2.75) is 58.8 Å². The van der Waals surface area contributed by atoms with Crippen molar-refractivity contribution in [1.82, 2.24) is 9.78 Å². The first-order valence-corrected chi connectivity index (χ1v) is 8.32. The molecule has 4 aliphatic carbocycles. The van der Waals surface area contributed by atoms with E-state index in [0.717, 1.165) is 30.9 Å². The summed E-state index contributed by atoms with van der Waals surface area (Å²) in [6.07, 6.45) is 9.88. The third-order valence-electron chi connectivity index (χ3n) is 6.33. The molecule has 0 aliphatic heterocycles. The van der Waals surface area contributed by atoms with Crippen LogP contribution in [0.1, 0.15) is 58.1 Å². The van der Waals surface area contributed by atoms with Gasteiger partial charge in [0.05, 0.1) is 12.1 Å². The van der Waals surface area contributed by atoms with Crippen LogP contribution in [0.2, 0.25) is 0 Å². The van der Waals surface area contributed by atoms with E-state index in [4.69, 9.17) is 0 Å². The van der Waals surface area contributed by atoms with Crippen molar-refractivity contribution in [3.63, 3.8) is 0 Å². The van der Waals surface area contributed by atoms with Crippen LogP contribution in [0, 0.1) is 22.2 Å². The molecule has 0 radical (unpaired) electrons. The molecule has 114 valence electrons. The molecule has 2 atom stereocenters. The minimum atomic E-state index is -0.0412. The number of carbonyl (C=O) groups is 1. The lowest BCUT2D eigenvalue weighted by atomic mass is 9.39. The predicted octanol–water partition coefficient (Wildman–Crippen LogP) is 3.53. The molecule has 2 unspecified atom stereocenters. The fraction of sp³-hybridized carbons (Fsp3) is 0.778. The van der Waals surface area contributed by atoms with Crippen LogP contribution < -0.4 is 0 Å². The quantitative estimate of drug-likeness (QED) is 0.852. The maximum absolute atomic E-state index is 13.1. The normalized spacial score (nSPS) is 44.2. The lowest BCUT2D eigenvalue weighted by Crippen LogP contribution is -2.57. The van der Waals surface area contributed by atoms with Gasteiger partial charge in [0.25, 0.3) is 0 Å². The summed E-state index contributed by atoms with van der Waals surface area (Å²) in [5, 5.41) is 4.41. The van der Waals surface area contributed by atoms with Gasteiger partial charge in [-0.25, -0.2) is 0 Å². The van der Waals surface area contributed by atoms with Gasteiger partial charge in [0.1, 0.15) is 5.78 Å². The summed E-state index contributed by atoms with van der Waals surface area (Å²) in [5.74, 6) is 1.24. The molecule has 1 aromatic heterocycles. The summed E-state index contributed by atoms with van der Waals surface area (Å²) in [7, 11) is 1.92. The molecular formula is C18H26N2O. The van der Waals surface area contributed by atoms with E-state index in [2.05, 4.69) is 18.9 Å². The Hall–Kier alpha value is -1.12. The zero-order chi connectivity index (χ0) is 14.9. The summed E-state index contributed by atoms with van der Waals surface area (Å²) in [6, 6.07) is 1.99. The zero-order valence-electron chi connectivity index (χ0n) is 13.5. The Labute approximate surface area is 127 Å². The highest BCUT2D eigenvalue weighted by Crippen LogP contribution is 2.69. The molecule has 3 heteroatoms. The summed E-state index contributed by atoms with van der Waals surface area (Å²) >= 11 is 0. The van der Waals surface area contributed by atoms with Crippen molar-refractivity contribution in [2.24, 2.45) is 29.2 Å². The second-order valence-corrected chi connectivity index (χ2v) is 8.99. The Morgan fingerprint density at radius 2 is 1.90 bits per heavy atom. The van der Waals surface area contributed by atoms with Crippen LogP contribution in [0.5, 0.6) is 0 Å². The molecule has 0 spiro atoms. The Balaban J connectivity index is 1.63. The SMILES string of the molecule is Cn1ccc(CC(=O)C23CC4CC(C)(CC(C)(C4)C2)C3)n1. The highest BCUT2D eigenvalue weighted by atomic mass is 16.1. The average molecular weight is 286 g/mol. The molecule has 4 aliphatic rings. The second kappa shape index (κ2) is 3.99. The molecule has 1 heterocycles.